The molecule has 2 aromatic rings. The average molecular weight is 453 g/mol. The van der Waals surface area contributed by atoms with Crippen LogP contribution in [0.5, 0.6) is 0 Å². The molecule has 0 saturated carbocycles. The van der Waals surface area contributed by atoms with Gasteiger partial charge in [-0.2, -0.15) is 0 Å². The van der Waals surface area contributed by atoms with Gasteiger partial charge in [-0.3, -0.25) is 9.98 Å². The Bertz CT molecular complexity index is 928. The predicted octanol–water partition coefficient (Wildman–Crippen LogP) is 9.48. The van der Waals surface area contributed by atoms with Gasteiger partial charge in [-0.05, 0) is 98.2 Å². The van der Waals surface area contributed by atoms with E-state index in [4.69, 9.17) is 0 Å². The van der Waals surface area contributed by atoms with Gasteiger partial charge in [0.05, 0.1) is 11.4 Å². The van der Waals surface area contributed by atoms with Crippen molar-refractivity contribution in [2.24, 2.45) is 9.98 Å². The zero-order chi connectivity index (χ0) is 24.4. The van der Waals surface area contributed by atoms with E-state index in [0.29, 0.717) is 0 Å². The maximum absolute atomic E-state index is 4.63. The molecule has 0 bridgehead atoms. The standard InChI is InChI=1S/C32H40N2/c1-5-9-13-27-15-19-31(20-16-27)33-25-23-29(11-7-3)30(12-8-4)24-26-34-32-21-17-28(18-22-32)14-10-6-2/h7-8,11-12,15-26H,5-6,9-10,13-14H2,1-4H3/b11-7-,12-8-,29-23-,30-24+,33-25?,34-26?. The minimum Gasteiger partial charge on any atom is -0.257 e. The zero-order valence-electron chi connectivity index (χ0n) is 21.4. The Labute approximate surface area is 207 Å². The van der Waals surface area contributed by atoms with Crippen LogP contribution in [0, 0.1) is 0 Å². The fraction of sp³-hybridized carbons (Fsp3) is 0.312. The lowest BCUT2D eigenvalue weighted by atomic mass is 10.0. The number of aliphatic imine (C=N–C) groups is 2. The molecule has 2 aromatic carbocycles. The molecule has 0 atom stereocenters. The highest BCUT2D eigenvalue weighted by atomic mass is 14.7. The number of aryl methyl sites for hydroxylation is 2. The van der Waals surface area contributed by atoms with E-state index in [1.54, 1.807) is 0 Å². The Morgan fingerprint density at radius 1 is 0.618 bits per heavy atom. The molecular weight excluding hydrogens is 412 g/mol. The van der Waals surface area contributed by atoms with E-state index in [-0.39, 0.29) is 0 Å². The van der Waals surface area contributed by atoms with Crippen LogP contribution in [-0.4, -0.2) is 12.4 Å². The summed E-state index contributed by atoms with van der Waals surface area (Å²) >= 11 is 0. The van der Waals surface area contributed by atoms with Gasteiger partial charge in [0.25, 0.3) is 0 Å². The van der Waals surface area contributed by atoms with Gasteiger partial charge in [-0.15, -0.1) is 0 Å². The monoisotopic (exact) mass is 452 g/mol. The zero-order valence-corrected chi connectivity index (χ0v) is 21.4. The average Bonchev–Trinajstić information content (AvgIpc) is 2.86. The van der Waals surface area contributed by atoms with Crippen LogP contribution in [-0.2, 0) is 12.8 Å². The quantitative estimate of drug-likeness (QED) is 0.213. The van der Waals surface area contributed by atoms with Crippen LogP contribution in [0.2, 0.25) is 0 Å². The SMILES string of the molecule is C\C=C/C(=C/C=Nc1ccc(CCCC)cc1)C(/C=C\C)=C/C=Nc1ccc(CCCC)cc1. The van der Waals surface area contributed by atoms with Crippen LogP contribution in [0.3, 0.4) is 0 Å². The maximum Gasteiger partial charge on any atom is 0.0629 e. The van der Waals surface area contributed by atoms with Crippen molar-refractivity contribution in [2.45, 2.75) is 66.2 Å². The highest BCUT2D eigenvalue weighted by Crippen LogP contribution is 2.17. The predicted molar refractivity (Wildman–Crippen MR) is 152 cm³/mol. The Morgan fingerprint density at radius 3 is 1.32 bits per heavy atom. The molecule has 0 unspecified atom stereocenters. The molecule has 2 rings (SSSR count). The molecular formula is C32H40N2. The molecule has 0 fully saturated rings. The number of allylic oxidation sites excluding steroid dienone is 8. The maximum atomic E-state index is 4.63. The van der Waals surface area contributed by atoms with E-state index < -0.39 is 0 Å². The second-order valence-electron chi connectivity index (χ2n) is 8.34. The Kier molecular flexibility index (Phi) is 13.0. The van der Waals surface area contributed by atoms with Crippen molar-refractivity contribution in [2.75, 3.05) is 0 Å². The van der Waals surface area contributed by atoms with Crippen molar-refractivity contribution < 1.29 is 0 Å². The van der Waals surface area contributed by atoms with Crippen LogP contribution in [0.15, 0.2) is 106 Å². The lowest BCUT2D eigenvalue weighted by Gasteiger charge is -2.03. The van der Waals surface area contributed by atoms with Crippen LogP contribution in [0.4, 0.5) is 11.4 Å². The summed E-state index contributed by atoms with van der Waals surface area (Å²) in [7, 11) is 0. The first kappa shape index (κ1) is 27.0. The summed E-state index contributed by atoms with van der Waals surface area (Å²) in [5.41, 5.74) is 6.86. The van der Waals surface area contributed by atoms with Crippen molar-refractivity contribution in [3.05, 3.63) is 107 Å². The molecule has 2 heteroatoms. The number of benzene rings is 2. The van der Waals surface area contributed by atoms with Crippen LogP contribution in [0.25, 0.3) is 0 Å². The molecule has 0 N–H and O–H groups in total. The minimum atomic E-state index is 0.969. The van der Waals surface area contributed by atoms with Gasteiger partial charge in [0.1, 0.15) is 0 Å². The third-order valence-electron chi connectivity index (χ3n) is 5.49. The fourth-order valence-electron chi connectivity index (χ4n) is 3.52. The first-order valence-electron chi connectivity index (χ1n) is 12.6. The number of hydrogen-bond acceptors (Lipinski definition) is 2. The second-order valence-corrected chi connectivity index (χ2v) is 8.34. The minimum absolute atomic E-state index is 0.969. The van der Waals surface area contributed by atoms with E-state index >= 15 is 0 Å². The third kappa shape index (κ3) is 10.1. The van der Waals surface area contributed by atoms with Crippen molar-refractivity contribution in [1.82, 2.24) is 0 Å². The van der Waals surface area contributed by atoms with Gasteiger partial charge >= 0.3 is 0 Å². The molecule has 178 valence electrons. The molecule has 0 amide bonds. The fourth-order valence-corrected chi connectivity index (χ4v) is 3.52. The molecule has 0 spiro atoms. The van der Waals surface area contributed by atoms with Gasteiger partial charge in [0.2, 0.25) is 0 Å². The molecule has 2 nitrogen and oxygen atoms in total. The van der Waals surface area contributed by atoms with Crippen molar-refractivity contribution in [3.8, 4) is 0 Å². The Balaban J connectivity index is 2.14. The van der Waals surface area contributed by atoms with E-state index in [2.05, 4.69) is 84.5 Å². The molecule has 0 aliphatic rings. The van der Waals surface area contributed by atoms with Gasteiger partial charge in [-0.1, -0.05) is 75.3 Å². The number of nitrogens with zero attached hydrogens (tertiary/aromatic N) is 2. The molecule has 34 heavy (non-hydrogen) atoms. The number of rotatable bonds is 13. The Hall–Kier alpha value is -3.26. The van der Waals surface area contributed by atoms with Crippen LogP contribution in [0.1, 0.15) is 64.5 Å². The van der Waals surface area contributed by atoms with Gasteiger partial charge in [0.15, 0.2) is 0 Å². The third-order valence-corrected chi connectivity index (χ3v) is 5.49. The normalized spacial score (nSPS) is 13.3. The molecule has 0 aliphatic carbocycles. The van der Waals surface area contributed by atoms with Gasteiger partial charge in [0, 0.05) is 12.4 Å². The van der Waals surface area contributed by atoms with Crippen molar-refractivity contribution >= 4 is 23.8 Å². The van der Waals surface area contributed by atoms with Gasteiger partial charge < -0.3 is 0 Å². The highest BCUT2D eigenvalue weighted by molar-refractivity contribution is 5.82. The first-order chi connectivity index (χ1) is 16.7. The van der Waals surface area contributed by atoms with Crippen LogP contribution >= 0.6 is 0 Å². The van der Waals surface area contributed by atoms with E-state index in [0.717, 1.165) is 35.4 Å². The number of hydrogen-bond donors (Lipinski definition) is 0. The lowest BCUT2D eigenvalue weighted by Crippen LogP contribution is -1.86. The molecule has 0 saturated heterocycles. The Morgan fingerprint density at radius 2 is 1.00 bits per heavy atom. The summed E-state index contributed by atoms with van der Waals surface area (Å²) in [6, 6.07) is 17.1. The largest absolute Gasteiger partial charge is 0.257 e. The summed E-state index contributed by atoms with van der Waals surface area (Å²) < 4.78 is 0. The highest BCUT2D eigenvalue weighted by Gasteiger charge is 1.98. The second kappa shape index (κ2) is 16.4. The summed E-state index contributed by atoms with van der Waals surface area (Å²) in [5.74, 6) is 0. The molecule has 0 aliphatic heterocycles. The summed E-state index contributed by atoms with van der Waals surface area (Å²) in [6.07, 6.45) is 23.3. The lowest BCUT2D eigenvalue weighted by molar-refractivity contribution is 0.795. The summed E-state index contributed by atoms with van der Waals surface area (Å²) in [5, 5.41) is 0. The van der Waals surface area contributed by atoms with E-state index in [1.807, 2.05) is 50.6 Å². The van der Waals surface area contributed by atoms with Crippen molar-refractivity contribution in [3.63, 3.8) is 0 Å². The van der Waals surface area contributed by atoms with E-state index in [9.17, 15) is 0 Å². The topological polar surface area (TPSA) is 24.7 Å². The summed E-state index contributed by atoms with van der Waals surface area (Å²) in [6.45, 7) is 8.51. The molecule has 0 radical (unpaired) electrons. The smallest absolute Gasteiger partial charge is 0.0629 e. The first-order valence-corrected chi connectivity index (χ1v) is 12.6. The van der Waals surface area contributed by atoms with Crippen molar-refractivity contribution in [1.29, 1.82) is 0 Å². The number of unbranched alkanes of at least 4 members (excludes halogenated alkanes) is 2. The molecule has 0 aromatic heterocycles. The molecule has 0 heterocycles. The van der Waals surface area contributed by atoms with Gasteiger partial charge in [-0.25, -0.2) is 0 Å². The van der Waals surface area contributed by atoms with Crippen LogP contribution < -0.4 is 0 Å². The van der Waals surface area contributed by atoms with E-state index in [1.165, 1.54) is 36.8 Å². The summed E-state index contributed by atoms with van der Waals surface area (Å²) in [4.78, 5) is 9.26.